The lowest BCUT2D eigenvalue weighted by Crippen LogP contribution is -2.53. The van der Waals surface area contributed by atoms with Crippen LogP contribution in [0, 0.1) is 11.8 Å². The SMILES string of the molecule is CCN(CC)c1ccc(N2CC=C[C@]34S[C@@H]5C=CCN(Cc6ccccc6)C(=O)[C@@H]5[C@H]3C(=O)N(CCCCCO)C4C2=O)cc1. The standard InChI is InChI=1S/C36H44N4O4S/c1-3-37(4-2)27-16-18-28(19-17-27)39-23-12-20-36-31(34(43)40(32(36)35(39)44)22-9-6-10-24-41)30-29(45-36)15-11-21-38(33(30)42)25-26-13-7-5-8-14-26/h5,7-8,11-20,29-32,41H,3-4,6,9-10,21-25H2,1-2H3/t29-,30+,31+,32?,36+/m1/s1. The van der Waals surface area contributed by atoms with Crippen molar-refractivity contribution in [3.63, 3.8) is 0 Å². The molecule has 45 heavy (non-hydrogen) atoms. The van der Waals surface area contributed by atoms with Gasteiger partial charge in [0.1, 0.15) is 6.04 Å². The van der Waals surface area contributed by atoms with Gasteiger partial charge in [-0.1, -0.05) is 54.6 Å². The fraction of sp³-hybridized carbons (Fsp3) is 0.472. The van der Waals surface area contributed by atoms with E-state index in [1.807, 2.05) is 59.5 Å². The molecule has 0 radical (unpaired) electrons. The van der Waals surface area contributed by atoms with Gasteiger partial charge in [-0.3, -0.25) is 14.4 Å². The molecule has 1 unspecified atom stereocenters. The number of hydrogen-bond donors (Lipinski definition) is 1. The number of carbonyl (C=O) groups excluding carboxylic acids is 3. The second kappa shape index (κ2) is 13.4. The number of fused-ring (bicyclic) bond motifs is 2. The molecule has 0 aromatic heterocycles. The highest BCUT2D eigenvalue weighted by Gasteiger charge is 2.70. The number of unbranched alkanes of at least 4 members (excludes halogenated alkanes) is 2. The first-order chi connectivity index (χ1) is 21.9. The number of carbonyl (C=O) groups is 3. The average Bonchev–Trinajstić information content (AvgIpc) is 3.37. The van der Waals surface area contributed by atoms with E-state index in [1.165, 1.54) is 0 Å². The number of hydrogen-bond acceptors (Lipinski definition) is 6. The summed E-state index contributed by atoms with van der Waals surface area (Å²) >= 11 is 1.62. The third-order valence-corrected chi connectivity index (χ3v) is 11.5. The van der Waals surface area contributed by atoms with Crippen molar-refractivity contribution in [2.75, 3.05) is 49.1 Å². The van der Waals surface area contributed by atoms with Crippen molar-refractivity contribution in [1.29, 1.82) is 0 Å². The van der Waals surface area contributed by atoms with Gasteiger partial charge >= 0.3 is 0 Å². The number of rotatable bonds is 11. The lowest BCUT2D eigenvalue weighted by Gasteiger charge is -2.35. The van der Waals surface area contributed by atoms with Crippen molar-refractivity contribution in [1.82, 2.24) is 9.80 Å². The summed E-state index contributed by atoms with van der Waals surface area (Å²) in [6.45, 7) is 7.95. The number of nitrogens with zero attached hydrogens (tertiary/aromatic N) is 4. The van der Waals surface area contributed by atoms with E-state index < -0.39 is 22.6 Å². The molecule has 4 heterocycles. The predicted molar refractivity (Wildman–Crippen MR) is 180 cm³/mol. The summed E-state index contributed by atoms with van der Waals surface area (Å²) < 4.78 is -0.841. The van der Waals surface area contributed by atoms with Gasteiger partial charge in [-0.2, -0.15) is 0 Å². The molecule has 4 aliphatic rings. The molecule has 2 fully saturated rings. The van der Waals surface area contributed by atoms with Crippen LogP contribution in [0.15, 0.2) is 78.9 Å². The van der Waals surface area contributed by atoms with Gasteiger partial charge in [-0.05, 0) is 62.9 Å². The van der Waals surface area contributed by atoms with Crippen LogP contribution in [0.25, 0.3) is 0 Å². The molecular weight excluding hydrogens is 584 g/mol. The van der Waals surface area contributed by atoms with E-state index in [-0.39, 0.29) is 29.6 Å². The highest BCUT2D eigenvalue weighted by molar-refractivity contribution is 8.02. The Bertz CT molecular complexity index is 1440. The van der Waals surface area contributed by atoms with Crippen molar-refractivity contribution in [3.05, 3.63) is 84.5 Å². The van der Waals surface area contributed by atoms with Crippen LogP contribution in [-0.2, 0) is 20.9 Å². The number of anilines is 2. The zero-order valence-electron chi connectivity index (χ0n) is 26.3. The molecule has 6 rings (SSSR count). The number of amides is 3. The summed E-state index contributed by atoms with van der Waals surface area (Å²) in [6, 6.07) is 17.3. The molecule has 2 aromatic carbocycles. The molecule has 4 aliphatic heterocycles. The van der Waals surface area contributed by atoms with Gasteiger partial charge in [-0.25, -0.2) is 0 Å². The molecule has 9 heteroatoms. The summed E-state index contributed by atoms with van der Waals surface area (Å²) in [4.78, 5) is 51.3. The van der Waals surface area contributed by atoms with Crippen molar-refractivity contribution >= 4 is 40.9 Å². The summed E-state index contributed by atoms with van der Waals surface area (Å²) in [5, 5.41) is 9.17. The van der Waals surface area contributed by atoms with E-state index in [2.05, 4.69) is 43.0 Å². The monoisotopic (exact) mass is 628 g/mol. The van der Waals surface area contributed by atoms with Crippen molar-refractivity contribution in [2.24, 2.45) is 11.8 Å². The Morgan fingerprint density at radius 1 is 0.889 bits per heavy atom. The van der Waals surface area contributed by atoms with Gasteiger partial charge in [-0.15, -0.1) is 11.8 Å². The van der Waals surface area contributed by atoms with Crippen LogP contribution in [0.4, 0.5) is 11.4 Å². The minimum Gasteiger partial charge on any atom is -0.396 e. The largest absolute Gasteiger partial charge is 0.396 e. The Balaban J connectivity index is 1.35. The number of aliphatic hydroxyl groups is 1. The first-order valence-corrected chi connectivity index (χ1v) is 17.2. The Morgan fingerprint density at radius 2 is 1.64 bits per heavy atom. The summed E-state index contributed by atoms with van der Waals surface area (Å²) in [5.74, 6) is -1.41. The predicted octanol–water partition coefficient (Wildman–Crippen LogP) is 4.49. The van der Waals surface area contributed by atoms with Gasteiger partial charge in [0.15, 0.2) is 0 Å². The maximum absolute atomic E-state index is 14.7. The van der Waals surface area contributed by atoms with Gasteiger partial charge in [0.25, 0.3) is 5.91 Å². The van der Waals surface area contributed by atoms with Crippen LogP contribution in [0.5, 0.6) is 0 Å². The number of benzene rings is 2. The van der Waals surface area contributed by atoms with Crippen molar-refractivity contribution in [3.8, 4) is 0 Å². The lowest BCUT2D eigenvalue weighted by atomic mass is 9.78. The topological polar surface area (TPSA) is 84.4 Å². The first kappa shape index (κ1) is 31.4. The molecule has 1 N–H and O–H groups in total. The van der Waals surface area contributed by atoms with E-state index >= 15 is 0 Å². The fourth-order valence-corrected chi connectivity index (χ4v) is 9.62. The first-order valence-electron chi connectivity index (χ1n) is 16.4. The molecular formula is C36H44N4O4S. The minimum atomic E-state index is -0.841. The zero-order valence-corrected chi connectivity index (χ0v) is 27.1. The van der Waals surface area contributed by atoms with Gasteiger partial charge < -0.3 is 24.7 Å². The normalized spacial score (nSPS) is 27.4. The van der Waals surface area contributed by atoms with Crippen molar-refractivity contribution in [2.45, 2.75) is 55.7 Å². The molecule has 3 amide bonds. The van der Waals surface area contributed by atoms with E-state index in [1.54, 1.807) is 21.6 Å². The Kier molecular flexibility index (Phi) is 9.38. The number of aliphatic hydroxyl groups excluding tert-OH is 1. The van der Waals surface area contributed by atoms with E-state index in [0.717, 1.165) is 36.4 Å². The number of likely N-dealkylation sites (tertiary alicyclic amines) is 1. The molecule has 5 atom stereocenters. The van der Waals surface area contributed by atoms with Crippen LogP contribution in [0.1, 0.15) is 38.7 Å². The minimum absolute atomic E-state index is 0.0219. The van der Waals surface area contributed by atoms with Crippen LogP contribution in [0.3, 0.4) is 0 Å². The zero-order chi connectivity index (χ0) is 31.6. The molecule has 238 valence electrons. The second-order valence-electron chi connectivity index (χ2n) is 12.3. The summed E-state index contributed by atoms with van der Waals surface area (Å²) in [7, 11) is 0. The van der Waals surface area contributed by atoms with Gasteiger partial charge in [0, 0.05) is 62.5 Å². The highest BCUT2D eigenvalue weighted by atomic mass is 32.2. The van der Waals surface area contributed by atoms with Crippen LogP contribution < -0.4 is 9.80 Å². The smallest absolute Gasteiger partial charge is 0.251 e. The fourth-order valence-electron chi connectivity index (χ4n) is 7.61. The molecule has 8 nitrogen and oxygen atoms in total. The molecule has 2 aromatic rings. The summed E-state index contributed by atoms with van der Waals surface area (Å²) in [6.07, 6.45) is 10.3. The molecule has 0 aliphatic carbocycles. The van der Waals surface area contributed by atoms with Crippen LogP contribution in [0.2, 0.25) is 0 Å². The van der Waals surface area contributed by atoms with E-state index in [4.69, 9.17) is 0 Å². The third kappa shape index (κ3) is 5.69. The second-order valence-corrected chi connectivity index (χ2v) is 13.8. The maximum Gasteiger partial charge on any atom is 0.251 e. The quantitative estimate of drug-likeness (QED) is 0.292. The Hall–Kier alpha value is -3.56. The highest BCUT2D eigenvalue weighted by Crippen LogP contribution is 2.61. The Morgan fingerprint density at radius 3 is 2.36 bits per heavy atom. The van der Waals surface area contributed by atoms with E-state index in [0.29, 0.717) is 39.0 Å². The van der Waals surface area contributed by atoms with Crippen molar-refractivity contribution < 1.29 is 19.5 Å². The molecule has 0 saturated carbocycles. The summed E-state index contributed by atoms with van der Waals surface area (Å²) in [5.41, 5.74) is 2.96. The van der Waals surface area contributed by atoms with Gasteiger partial charge in [0.05, 0.1) is 16.6 Å². The third-order valence-electron chi connectivity index (χ3n) is 9.81. The Labute approximate surface area is 270 Å². The lowest BCUT2D eigenvalue weighted by molar-refractivity contribution is -0.143. The van der Waals surface area contributed by atoms with E-state index in [9.17, 15) is 19.5 Å². The van der Waals surface area contributed by atoms with Crippen LogP contribution in [-0.4, -0.2) is 88.0 Å². The molecule has 2 saturated heterocycles. The van der Waals surface area contributed by atoms with Gasteiger partial charge in [0.2, 0.25) is 11.8 Å². The molecule has 1 spiro atoms. The number of thioether (sulfide) groups is 1. The molecule has 0 bridgehead atoms. The average molecular weight is 629 g/mol. The van der Waals surface area contributed by atoms with Crippen LogP contribution >= 0.6 is 11.8 Å². The maximum atomic E-state index is 14.7.